The van der Waals surface area contributed by atoms with Gasteiger partial charge in [0.15, 0.2) is 11.5 Å². The van der Waals surface area contributed by atoms with Gasteiger partial charge in [0.25, 0.3) is 5.91 Å². The van der Waals surface area contributed by atoms with Crippen LogP contribution in [-0.4, -0.2) is 11.1 Å². The maximum absolute atomic E-state index is 12.2. The van der Waals surface area contributed by atoms with Crippen LogP contribution in [0.1, 0.15) is 16.1 Å². The normalized spacial score (nSPS) is 10.6. The van der Waals surface area contributed by atoms with Gasteiger partial charge in [-0.15, -0.1) is 0 Å². The molecule has 3 aromatic rings. The second-order valence-corrected chi connectivity index (χ2v) is 5.38. The second-order valence-electron chi connectivity index (χ2n) is 4.47. The minimum Gasteiger partial charge on any atom is -0.461 e. The van der Waals surface area contributed by atoms with Crippen molar-refractivity contribution < 1.29 is 13.7 Å². The van der Waals surface area contributed by atoms with Gasteiger partial charge in [-0.05, 0) is 42.8 Å². The van der Waals surface area contributed by atoms with Crippen molar-refractivity contribution in [3.63, 3.8) is 0 Å². The molecule has 1 amide bonds. The van der Waals surface area contributed by atoms with E-state index in [1.54, 1.807) is 18.2 Å². The van der Waals surface area contributed by atoms with Gasteiger partial charge < -0.3 is 14.3 Å². The Labute approximate surface area is 129 Å². The quantitative estimate of drug-likeness (QED) is 0.769. The molecule has 2 aromatic heterocycles. The van der Waals surface area contributed by atoms with Crippen LogP contribution in [0.15, 0.2) is 56.1 Å². The molecule has 0 bridgehead atoms. The number of rotatable bonds is 3. The van der Waals surface area contributed by atoms with Crippen molar-refractivity contribution in [1.29, 1.82) is 0 Å². The van der Waals surface area contributed by atoms with E-state index < -0.39 is 0 Å². The molecular weight excluding hydrogens is 336 g/mol. The van der Waals surface area contributed by atoms with Crippen LogP contribution >= 0.6 is 15.9 Å². The fourth-order valence-electron chi connectivity index (χ4n) is 1.87. The number of furan rings is 1. The third-order valence-electron chi connectivity index (χ3n) is 2.94. The molecule has 0 spiro atoms. The van der Waals surface area contributed by atoms with Crippen LogP contribution in [0.2, 0.25) is 0 Å². The lowest BCUT2D eigenvalue weighted by atomic mass is 10.2. The lowest BCUT2D eigenvalue weighted by Crippen LogP contribution is -2.12. The minimum atomic E-state index is -0.332. The van der Waals surface area contributed by atoms with Gasteiger partial charge in [0.05, 0.1) is 6.26 Å². The Morgan fingerprint density at radius 1 is 1.24 bits per heavy atom. The molecule has 1 N–H and O–H groups in total. The highest BCUT2D eigenvalue weighted by atomic mass is 79.9. The predicted molar refractivity (Wildman–Crippen MR) is 81.0 cm³/mol. The summed E-state index contributed by atoms with van der Waals surface area (Å²) in [6, 6.07) is 10.6. The van der Waals surface area contributed by atoms with Gasteiger partial charge in [0, 0.05) is 16.2 Å². The smallest absolute Gasteiger partial charge is 0.277 e. The van der Waals surface area contributed by atoms with E-state index in [2.05, 4.69) is 26.4 Å². The molecule has 0 aliphatic rings. The molecule has 1 aromatic carbocycles. The van der Waals surface area contributed by atoms with Crippen molar-refractivity contribution in [2.45, 2.75) is 6.92 Å². The number of nitrogens with one attached hydrogen (secondary N) is 1. The molecule has 5 nitrogen and oxygen atoms in total. The molecule has 0 unspecified atom stereocenters. The monoisotopic (exact) mass is 346 g/mol. The third-order valence-corrected chi connectivity index (χ3v) is 3.44. The lowest BCUT2D eigenvalue weighted by molar-refractivity contribution is 0.101. The number of carbonyl (C=O) groups is 1. The zero-order chi connectivity index (χ0) is 14.8. The van der Waals surface area contributed by atoms with Gasteiger partial charge in [-0.25, -0.2) is 0 Å². The number of benzene rings is 1. The number of aromatic nitrogens is 1. The summed E-state index contributed by atoms with van der Waals surface area (Å²) in [4.78, 5) is 12.2. The number of anilines is 1. The summed E-state index contributed by atoms with van der Waals surface area (Å²) in [5.41, 5.74) is 1.88. The Kier molecular flexibility index (Phi) is 3.62. The maximum atomic E-state index is 12.2. The van der Waals surface area contributed by atoms with Gasteiger partial charge in [-0.3, -0.25) is 4.79 Å². The van der Waals surface area contributed by atoms with Crippen LogP contribution in [0.25, 0.3) is 11.5 Å². The fraction of sp³-hybridized carbons (Fsp3) is 0.0667. The molecule has 0 radical (unpaired) electrons. The predicted octanol–water partition coefficient (Wildman–Crippen LogP) is 4.26. The number of nitrogens with zero attached hydrogens (tertiary/aromatic N) is 1. The topological polar surface area (TPSA) is 68.3 Å². The summed E-state index contributed by atoms with van der Waals surface area (Å²) in [5.74, 6) is 0.612. The molecule has 0 atom stereocenters. The van der Waals surface area contributed by atoms with E-state index >= 15 is 0 Å². The SMILES string of the molecule is Cc1cc(Br)ccc1NC(=O)c1cc(-c2ccco2)on1. The van der Waals surface area contributed by atoms with Gasteiger partial charge in [0.2, 0.25) is 5.76 Å². The number of halogens is 1. The summed E-state index contributed by atoms with van der Waals surface area (Å²) >= 11 is 3.38. The van der Waals surface area contributed by atoms with E-state index in [0.29, 0.717) is 11.5 Å². The number of aryl methyl sites for hydroxylation is 1. The average molecular weight is 347 g/mol. The Morgan fingerprint density at radius 3 is 2.81 bits per heavy atom. The first-order chi connectivity index (χ1) is 10.1. The number of hydrogen-bond acceptors (Lipinski definition) is 4. The van der Waals surface area contributed by atoms with Crippen LogP contribution in [-0.2, 0) is 0 Å². The zero-order valence-electron chi connectivity index (χ0n) is 11.1. The van der Waals surface area contributed by atoms with E-state index in [1.807, 2.05) is 25.1 Å². The first kappa shape index (κ1) is 13.6. The largest absolute Gasteiger partial charge is 0.461 e. The summed E-state index contributed by atoms with van der Waals surface area (Å²) in [5, 5.41) is 6.56. The van der Waals surface area contributed by atoms with Crippen molar-refractivity contribution in [1.82, 2.24) is 5.16 Å². The molecule has 0 aliphatic carbocycles. The second kappa shape index (κ2) is 5.57. The molecule has 0 saturated carbocycles. The fourth-order valence-corrected chi connectivity index (χ4v) is 2.35. The van der Waals surface area contributed by atoms with Crippen molar-refractivity contribution in [2.75, 3.05) is 5.32 Å². The first-order valence-corrected chi connectivity index (χ1v) is 7.01. The number of hydrogen-bond donors (Lipinski definition) is 1. The summed E-state index contributed by atoms with van der Waals surface area (Å²) in [6.45, 7) is 1.91. The highest BCUT2D eigenvalue weighted by Crippen LogP contribution is 2.23. The van der Waals surface area contributed by atoms with E-state index in [-0.39, 0.29) is 11.6 Å². The lowest BCUT2D eigenvalue weighted by Gasteiger charge is -2.06. The maximum Gasteiger partial charge on any atom is 0.277 e. The van der Waals surface area contributed by atoms with Crippen molar-refractivity contribution in [3.05, 3.63) is 58.4 Å². The molecular formula is C15H11BrN2O3. The molecule has 3 rings (SSSR count). The molecule has 2 heterocycles. The van der Waals surface area contributed by atoms with Crippen molar-refractivity contribution >= 4 is 27.5 Å². The Balaban J connectivity index is 1.79. The summed E-state index contributed by atoms with van der Waals surface area (Å²) in [7, 11) is 0. The Bertz CT molecular complexity index is 778. The number of carbonyl (C=O) groups excluding carboxylic acids is 1. The molecule has 0 fully saturated rings. The molecule has 106 valence electrons. The van der Waals surface area contributed by atoms with Gasteiger partial charge in [-0.2, -0.15) is 0 Å². The summed E-state index contributed by atoms with van der Waals surface area (Å²) < 4.78 is 11.3. The Hall–Kier alpha value is -2.34. The van der Waals surface area contributed by atoms with E-state index in [0.717, 1.165) is 15.7 Å². The zero-order valence-corrected chi connectivity index (χ0v) is 12.7. The third kappa shape index (κ3) is 2.90. The van der Waals surface area contributed by atoms with E-state index in [1.165, 1.54) is 6.26 Å². The minimum absolute atomic E-state index is 0.198. The van der Waals surface area contributed by atoms with Crippen LogP contribution in [0.4, 0.5) is 5.69 Å². The summed E-state index contributed by atoms with van der Waals surface area (Å²) in [6.07, 6.45) is 1.53. The highest BCUT2D eigenvalue weighted by Gasteiger charge is 2.15. The Morgan fingerprint density at radius 2 is 2.10 bits per heavy atom. The van der Waals surface area contributed by atoms with Crippen molar-refractivity contribution in [2.24, 2.45) is 0 Å². The van der Waals surface area contributed by atoms with Crippen LogP contribution < -0.4 is 5.32 Å². The van der Waals surface area contributed by atoms with E-state index in [9.17, 15) is 4.79 Å². The van der Waals surface area contributed by atoms with Crippen LogP contribution in [0, 0.1) is 6.92 Å². The number of amides is 1. The molecule has 0 saturated heterocycles. The molecule has 0 aliphatic heterocycles. The van der Waals surface area contributed by atoms with E-state index in [4.69, 9.17) is 8.94 Å². The average Bonchev–Trinajstić information content (AvgIpc) is 3.10. The van der Waals surface area contributed by atoms with Gasteiger partial charge in [-0.1, -0.05) is 21.1 Å². The van der Waals surface area contributed by atoms with Gasteiger partial charge >= 0.3 is 0 Å². The highest BCUT2D eigenvalue weighted by molar-refractivity contribution is 9.10. The van der Waals surface area contributed by atoms with Crippen molar-refractivity contribution in [3.8, 4) is 11.5 Å². The molecule has 21 heavy (non-hydrogen) atoms. The van der Waals surface area contributed by atoms with Crippen LogP contribution in [0.5, 0.6) is 0 Å². The molecule has 6 heteroatoms. The first-order valence-electron chi connectivity index (χ1n) is 6.21. The standard InChI is InChI=1S/C15H11BrN2O3/c1-9-7-10(16)4-5-11(9)17-15(19)12-8-14(21-18-12)13-3-2-6-20-13/h2-8H,1H3,(H,17,19). The van der Waals surface area contributed by atoms with Crippen LogP contribution in [0.3, 0.4) is 0 Å². The van der Waals surface area contributed by atoms with Gasteiger partial charge in [0.1, 0.15) is 0 Å².